The Balaban J connectivity index is 0.000000227. The van der Waals surface area contributed by atoms with Crippen molar-refractivity contribution in [3.05, 3.63) is 84.0 Å². The number of benzene rings is 2. The van der Waals surface area contributed by atoms with Crippen LogP contribution in [0.15, 0.2) is 72.8 Å². The molecule has 0 spiro atoms. The van der Waals surface area contributed by atoms with Crippen molar-refractivity contribution in [1.29, 1.82) is 0 Å². The van der Waals surface area contributed by atoms with Crippen molar-refractivity contribution in [2.24, 2.45) is 0 Å². The van der Waals surface area contributed by atoms with E-state index >= 15 is 0 Å². The van der Waals surface area contributed by atoms with Crippen LogP contribution < -0.4 is 20.0 Å². The summed E-state index contributed by atoms with van der Waals surface area (Å²) in [5.41, 5.74) is 0.668. The number of carboxylic acid groups (broad SMARTS) is 2. The molecular weight excluding hydrogens is 479 g/mol. The Hall–Kier alpha value is -4.35. The van der Waals surface area contributed by atoms with Crippen LogP contribution in [0.1, 0.15) is 20.7 Å². The molecule has 1 radical (unpaired) electrons. The van der Waals surface area contributed by atoms with Crippen molar-refractivity contribution in [3.8, 4) is 0 Å². The van der Waals surface area contributed by atoms with E-state index in [2.05, 4.69) is 0 Å². The molecule has 0 fully saturated rings. The van der Waals surface area contributed by atoms with E-state index in [-0.39, 0.29) is 27.9 Å². The van der Waals surface area contributed by atoms with E-state index in [0.717, 1.165) is 34.1 Å². The van der Waals surface area contributed by atoms with Gasteiger partial charge in [0.15, 0.2) is 0 Å². The SMILES string of the molecule is O=C([O-])c1ccc(N2C(=O)C=CC2=O)cc1.O=C([O-])c1ccc(N2C(=O)C=CC2=O)cc1.[Co+2]. The number of hydrogen-bond donors (Lipinski definition) is 0. The molecule has 2 aromatic rings. The van der Waals surface area contributed by atoms with Gasteiger partial charge in [-0.1, -0.05) is 24.3 Å². The molecule has 0 N–H and O–H groups in total. The van der Waals surface area contributed by atoms with Crippen LogP contribution in [0.2, 0.25) is 0 Å². The summed E-state index contributed by atoms with van der Waals surface area (Å²) in [6.45, 7) is 0. The largest absolute Gasteiger partial charge is 2.00 e. The minimum absolute atomic E-state index is 0. The van der Waals surface area contributed by atoms with Gasteiger partial charge in [-0.05, 0) is 35.4 Å². The van der Waals surface area contributed by atoms with Crippen LogP contribution in [-0.4, -0.2) is 35.6 Å². The molecule has 167 valence electrons. The predicted octanol–water partition coefficient (Wildman–Crippen LogP) is -1.04. The maximum absolute atomic E-state index is 11.3. The van der Waals surface area contributed by atoms with Crippen molar-refractivity contribution >= 4 is 46.9 Å². The number of rotatable bonds is 4. The number of hydrogen-bond acceptors (Lipinski definition) is 8. The molecule has 0 atom stereocenters. The normalized spacial score (nSPS) is 14.2. The Morgan fingerprint density at radius 3 is 0.970 bits per heavy atom. The van der Waals surface area contributed by atoms with Crippen LogP contribution in [0.4, 0.5) is 11.4 Å². The zero-order valence-corrected chi connectivity index (χ0v) is 17.5. The second-order valence-electron chi connectivity index (χ2n) is 6.36. The molecule has 0 bridgehead atoms. The van der Waals surface area contributed by atoms with E-state index < -0.39 is 35.6 Å². The zero-order chi connectivity index (χ0) is 23.4. The van der Waals surface area contributed by atoms with Gasteiger partial charge in [0, 0.05) is 24.3 Å². The van der Waals surface area contributed by atoms with E-state index in [4.69, 9.17) is 0 Å². The van der Waals surface area contributed by atoms with Gasteiger partial charge in [-0.2, -0.15) is 0 Å². The quantitative estimate of drug-likeness (QED) is 0.491. The minimum Gasteiger partial charge on any atom is -0.545 e. The third-order valence-corrected chi connectivity index (χ3v) is 4.34. The van der Waals surface area contributed by atoms with E-state index in [1.165, 1.54) is 48.5 Å². The van der Waals surface area contributed by atoms with Crippen LogP contribution in [-0.2, 0) is 36.0 Å². The number of anilines is 2. The third kappa shape index (κ3) is 5.47. The van der Waals surface area contributed by atoms with Crippen molar-refractivity contribution in [1.82, 2.24) is 0 Å². The molecule has 33 heavy (non-hydrogen) atoms. The van der Waals surface area contributed by atoms with Crippen LogP contribution in [0.5, 0.6) is 0 Å². The summed E-state index contributed by atoms with van der Waals surface area (Å²) in [6.07, 6.45) is 4.65. The molecule has 11 heteroatoms. The van der Waals surface area contributed by atoms with Crippen molar-refractivity contribution in [2.75, 3.05) is 9.80 Å². The van der Waals surface area contributed by atoms with Gasteiger partial charge in [-0.15, -0.1) is 0 Å². The molecule has 0 saturated carbocycles. The molecule has 0 unspecified atom stereocenters. The molecule has 2 aliphatic rings. The zero-order valence-electron chi connectivity index (χ0n) is 16.4. The summed E-state index contributed by atoms with van der Waals surface area (Å²) in [5.74, 6) is -4.36. The molecule has 2 heterocycles. The van der Waals surface area contributed by atoms with Crippen LogP contribution in [0.25, 0.3) is 0 Å². The Bertz CT molecular complexity index is 1070. The van der Waals surface area contributed by atoms with Gasteiger partial charge in [0.05, 0.1) is 23.3 Å². The van der Waals surface area contributed by atoms with Gasteiger partial charge in [-0.3, -0.25) is 19.2 Å². The van der Waals surface area contributed by atoms with E-state index in [1.54, 1.807) is 0 Å². The van der Waals surface area contributed by atoms with Crippen LogP contribution in [0.3, 0.4) is 0 Å². The molecule has 0 aliphatic carbocycles. The smallest absolute Gasteiger partial charge is 0.545 e. The van der Waals surface area contributed by atoms with Gasteiger partial charge in [0.25, 0.3) is 23.6 Å². The fourth-order valence-corrected chi connectivity index (χ4v) is 2.80. The number of carbonyl (C=O) groups is 6. The van der Waals surface area contributed by atoms with Gasteiger partial charge in [0.2, 0.25) is 0 Å². The second-order valence-corrected chi connectivity index (χ2v) is 6.36. The molecule has 0 aromatic heterocycles. The van der Waals surface area contributed by atoms with Crippen molar-refractivity contribution in [2.45, 2.75) is 0 Å². The minimum atomic E-state index is -1.30. The summed E-state index contributed by atoms with van der Waals surface area (Å²) >= 11 is 0. The fraction of sp³-hybridized carbons (Fsp3) is 0. The number of carbonyl (C=O) groups excluding carboxylic acids is 6. The molecule has 4 rings (SSSR count). The molecule has 2 aliphatic heterocycles. The number of nitrogens with zero attached hydrogens (tertiary/aromatic N) is 2. The Morgan fingerprint density at radius 1 is 0.515 bits per heavy atom. The predicted molar refractivity (Wildman–Crippen MR) is 105 cm³/mol. The Morgan fingerprint density at radius 2 is 0.758 bits per heavy atom. The molecule has 2 aromatic carbocycles. The number of amides is 4. The molecule has 10 nitrogen and oxygen atoms in total. The standard InChI is InChI=1S/2C11H7NO4.Co/c2*13-9-5-6-10(14)12(9)8-3-1-7(2-4-8)11(15)16;/h2*1-6H,(H,15,16);/q;;+2/p-2. The molecule has 0 saturated heterocycles. The number of imide groups is 2. The van der Waals surface area contributed by atoms with Gasteiger partial charge in [0.1, 0.15) is 0 Å². The van der Waals surface area contributed by atoms with Crippen molar-refractivity contribution < 1.29 is 55.8 Å². The van der Waals surface area contributed by atoms with Crippen LogP contribution >= 0.6 is 0 Å². The molecule has 4 amide bonds. The van der Waals surface area contributed by atoms with E-state index in [9.17, 15) is 39.0 Å². The average molecular weight is 491 g/mol. The molecular formula is C22H12CoN2O8. The van der Waals surface area contributed by atoms with Gasteiger partial charge >= 0.3 is 16.8 Å². The summed E-state index contributed by atoms with van der Waals surface area (Å²) in [7, 11) is 0. The first-order chi connectivity index (χ1) is 15.2. The monoisotopic (exact) mass is 491 g/mol. The Labute approximate surface area is 196 Å². The topological polar surface area (TPSA) is 155 Å². The number of aromatic carboxylic acids is 2. The first-order valence-electron chi connectivity index (χ1n) is 8.94. The van der Waals surface area contributed by atoms with E-state index in [0.29, 0.717) is 11.4 Å². The average Bonchev–Trinajstić information content (AvgIpc) is 3.28. The van der Waals surface area contributed by atoms with Gasteiger partial charge < -0.3 is 19.8 Å². The van der Waals surface area contributed by atoms with Crippen LogP contribution in [0, 0.1) is 0 Å². The summed E-state index contributed by atoms with van der Waals surface area (Å²) in [4.78, 5) is 68.1. The summed E-state index contributed by atoms with van der Waals surface area (Å²) in [6, 6.07) is 10.7. The van der Waals surface area contributed by atoms with Crippen molar-refractivity contribution in [3.63, 3.8) is 0 Å². The first kappa shape index (κ1) is 24.9. The third-order valence-electron chi connectivity index (χ3n) is 4.34. The maximum atomic E-state index is 11.3. The van der Waals surface area contributed by atoms with Gasteiger partial charge in [-0.25, -0.2) is 9.80 Å². The second kappa shape index (κ2) is 10.3. The fourth-order valence-electron chi connectivity index (χ4n) is 2.80. The summed E-state index contributed by atoms with van der Waals surface area (Å²) < 4.78 is 0. The summed E-state index contributed by atoms with van der Waals surface area (Å²) in [5, 5.41) is 21.0. The maximum Gasteiger partial charge on any atom is 2.00 e. The first-order valence-corrected chi connectivity index (χ1v) is 8.94. The Kier molecular flexibility index (Phi) is 7.78. The van der Waals surface area contributed by atoms with E-state index in [1.807, 2.05) is 0 Å². The number of carboxylic acids is 2.